The first-order valence-electron chi connectivity index (χ1n) is 5.95. The van der Waals surface area contributed by atoms with Gasteiger partial charge in [-0.05, 0) is 27.7 Å². The second-order valence-corrected chi connectivity index (χ2v) is 8.06. The van der Waals surface area contributed by atoms with Crippen molar-refractivity contribution in [3.05, 3.63) is 17.0 Å². The maximum absolute atomic E-state index is 11.6. The molecule has 18 heavy (non-hydrogen) atoms. The van der Waals surface area contributed by atoms with Crippen LogP contribution in [0.2, 0.25) is 0 Å². The lowest BCUT2D eigenvalue weighted by Gasteiger charge is -2.22. The molecule has 1 aromatic rings. The fourth-order valence-corrected chi connectivity index (χ4v) is 2.06. The van der Waals surface area contributed by atoms with Gasteiger partial charge in [-0.2, -0.15) is 5.10 Å². The molecule has 0 aliphatic rings. The van der Waals surface area contributed by atoms with Gasteiger partial charge in [0.25, 0.3) is 0 Å². The Kier molecular flexibility index (Phi) is 4.23. The van der Waals surface area contributed by atoms with Crippen molar-refractivity contribution >= 4 is 9.84 Å². The molecule has 1 heterocycles. The maximum Gasteiger partial charge on any atom is 0.153 e. The van der Waals surface area contributed by atoms with Crippen LogP contribution in [0.15, 0.2) is 0 Å². The summed E-state index contributed by atoms with van der Waals surface area (Å²) in [5.74, 6) is 0. The van der Waals surface area contributed by atoms with Crippen LogP contribution >= 0.6 is 0 Å². The lowest BCUT2D eigenvalue weighted by molar-refractivity contribution is 0.520. The molecule has 1 aromatic heterocycles. The van der Waals surface area contributed by atoms with Crippen LogP contribution in [-0.2, 0) is 23.4 Å². The lowest BCUT2D eigenvalue weighted by atomic mass is 10.1. The second kappa shape index (κ2) is 5.01. The lowest BCUT2D eigenvalue weighted by Crippen LogP contribution is -2.41. The van der Waals surface area contributed by atoms with Crippen molar-refractivity contribution in [3.8, 4) is 0 Å². The Balaban J connectivity index is 2.68. The molecule has 104 valence electrons. The highest BCUT2D eigenvalue weighted by atomic mass is 32.2. The molecule has 0 aromatic carbocycles. The van der Waals surface area contributed by atoms with E-state index in [-0.39, 0.29) is 0 Å². The van der Waals surface area contributed by atoms with E-state index in [1.165, 1.54) is 6.26 Å². The first-order chi connectivity index (χ1) is 8.06. The molecule has 1 rings (SSSR count). The van der Waals surface area contributed by atoms with Crippen molar-refractivity contribution in [2.45, 2.75) is 39.0 Å². The summed E-state index contributed by atoms with van der Waals surface area (Å²) in [6.07, 6.45) is 1.27. The third kappa shape index (κ3) is 3.11. The zero-order valence-electron chi connectivity index (χ0n) is 12.0. The third-order valence-corrected chi connectivity index (χ3v) is 5.67. The Hall–Kier alpha value is -0.880. The van der Waals surface area contributed by atoms with Gasteiger partial charge in [0.05, 0.1) is 10.4 Å². The van der Waals surface area contributed by atoms with Gasteiger partial charge in [-0.25, -0.2) is 8.42 Å². The Morgan fingerprint density at radius 2 is 1.89 bits per heavy atom. The topological polar surface area (TPSA) is 64.0 Å². The van der Waals surface area contributed by atoms with Crippen molar-refractivity contribution in [3.63, 3.8) is 0 Å². The van der Waals surface area contributed by atoms with Crippen molar-refractivity contribution in [1.82, 2.24) is 15.1 Å². The standard InChI is InChI=1S/C12H23N3O2S/c1-9-11(10(2)15(5)14-9)7-13-8-12(3,4)18(6,16)17/h13H,7-8H2,1-6H3. The van der Waals surface area contributed by atoms with Gasteiger partial charge >= 0.3 is 0 Å². The molecule has 0 saturated carbocycles. The van der Waals surface area contributed by atoms with E-state index in [1.807, 2.05) is 25.6 Å². The first-order valence-corrected chi connectivity index (χ1v) is 7.85. The van der Waals surface area contributed by atoms with Gasteiger partial charge in [-0.3, -0.25) is 4.68 Å². The third-order valence-electron chi connectivity index (χ3n) is 3.52. The molecule has 0 aliphatic carbocycles. The molecule has 0 atom stereocenters. The molecule has 0 amide bonds. The van der Waals surface area contributed by atoms with E-state index >= 15 is 0 Å². The summed E-state index contributed by atoms with van der Waals surface area (Å²) in [5.41, 5.74) is 3.23. The van der Waals surface area contributed by atoms with Crippen LogP contribution in [0.25, 0.3) is 0 Å². The predicted octanol–water partition coefficient (Wildman–Crippen LogP) is 0.950. The molecule has 0 saturated heterocycles. The van der Waals surface area contributed by atoms with Gasteiger partial charge in [0, 0.05) is 37.7 Å². The molecule has 5 nitrogen and oxygen atoms in total. The van der Waals surface area contributed by atoms with E-state index in [9.17, 15) is 8.42 Å². The van der Waals surface area contributed by atoms with Gasteiger partial charge in [0.15, 0.2) is 9.84 Å². The summed E-state index contributed by atoms with van der Waals surface area (Å²) < 4.78 is 24.2. The predicted molar refractivity (Wildman–Crippen MR) is 73.3 cm³/mol. The first kappa shape index (κ1) is 15.2. The smallest absolute Gasteiger partial charge is 0.153 e. The maximum atomic E-state index is 11.6. The number of aromatic nitrogens is 2. The average molecular weight is 273 g/mol. The highest BCUT2D eigenvalue weighted by Gasteiger charge is 2.29. The van der Waals surface area contributed by atoms with Crippen molar-refractivity contribution in [2.75, 3.05) is 12.8 Å². The second-order valence-electron chi connectivity index (χ2n) is 5.41. The quantitative estimate of drug-likeness (QED) is 0.867. The molecule has 6 heteroatoms. The Labute approximate surface area is 109 Å². The van der Waals surface area contributed by atoms with Crippen LogP contribution in [0.4, 0.5) is 0 Å². The monoisotopic (exact) mass is 273 g/mol. The van der Waals surface area contributed by atoms with Crippen molar-refractivity contribution in [2.24, 2.45) is 7.05 Å². The normalized spacial score (nSPS) is 13.0. The van der Waals surface area contributed by atoms with E-state index in [1.54, 1.807) is 13.8 Å². The van der Waals surface area contributed by atoms with E-state index < -0.39 is 14.6 Å². The zero-order chi connectivity index (χ0) is 14.1. The molecule has 1 N–H and O–H groups in total. The van der Waals surface area contributed by atoms with Gasteiger partial charge < -0.3 is 5.32 Å². The molecular formula is C12H23N3O2S. The molecule has 0 bridgehead atoms. The number of hydrogen-bond donors (Lipinski definition) is 1. The van der Waals surface area contributed by atoms with E-state index in [4.69, 9.17) is 0 Å². The van der Waals surface area contributed by atoms with Gasteiger partial charge in [0.1, 0.15) is 0 Å². The molecule has 0 unspecified atom stereocenters. The van der Waals surface area contributed by atoms with Crippen LogP contribution in [0.5, 0.6) is 0 Å². The van der Waals surface area contributed by atoms with E-state index in [0.717, 1.165) is 17.0 Å². The van der Waals surface area contributed by atoms with E-state index in [0.29, 0.717) is 13.1 Å². The Morgan fingerprint density at radius 1 is 1.33 bits per heavy atom. The Bertz CT molecular complexity index is 530. The number of rotatable bonds is 5. The summed E-state index contributed by atoms with van der Waals surface area (Å²) >= 11 is 0. The minimum absolute atomic E-state index is 0.430. The van der Waals surface area contributed by atoms with Crippen molar-refractivity contribution < 1.29 is 8.42 Å². The number of nitrogens with one attached hydrogen (secondary N) is 1. The van der Waals surface area contributed by atoms with Crippen LogP contribution in [0.3, 0.4) is 0 Å². The van der Waals surface area contributed by atoms with Crippen molar-refractivity contribution in [1.29, 1.82) is 0 Å². The molecular weight excluding hydrogens is 250 g/mol. The summed E-state index contributed by atoms with van der Waals surface area (Å²) in [5, 5.41) is 7.54. The largest absolute Gasteiger partial charge is 0.311 e. The van der Waals surface area contributed by atoms with E-state index in [2.05, 4.69) is 10.4 Å². The van der Waals surface area contributed by atoms with Gasteiger partial charge in [0.2, 0.25) is 0 Å². The highest BCUT2D eigenvalue weighted by Crippen LogP contribution is 2.15. The van der Waals surface area contributed by atoms with Gasteiger partial charge in [-0.15, -0.1) is 0 Å². The van der Waals surface area contributed by atoms with Crippen LogP contribution < -0.4 is 5.32 Å². The number of hydrogen-bond acceptors (Lipinski definition) is 4. The molecule has 0 aliphatic heterocycles. The zero-order valence-corrected chi connectivity index (χ0v) is 12.8. The summed E-state index contributed by atoms with van der Waals surface area (Å²) in [6, 6.07) is 0. The molecule has 0 spiro atoms. The van der Waals surface area contributed by atoms with Crippen LogP contribution in [0, 0.1) is 13.8 Å². The molecule has 0 radical (unpaired) electrons. The summed E-state index contributed by atoms with van der Waals surface area (Å²) in [4.78, 5) is 0. The molecule has 0 fully saturated rings. The minimum atomic E-state index is -3.06. The van der Waals surface area contributed by atoms with Crippen LogP contribution in [0.1, 0.15) is 30.8 Å². The fraction of sp³-hybridized carbons (Fsp3) is 0.750. The fourth-order valence-electron chi connectivity index (χ4n) is 1.69. The van der Waals surface area contributed by atoms with Gasteiger partial charge in [-0.1, -0.05) is 0 Å². The number of aryl methyl sites for hydroxylation is 2. The Morgan fingerprint density at radius 3 is 2.28 bits per heavy atom. The average Bonchev–Trinajstić information content (AvgIpc) is 2.42. The summed E-state index contributed by atoms with van der Waals surface area (Å²) in [6.45, 7) is 8.52. The number of nitrogens with zero attached hydrogens (tertiary/aromatic N) is 2. The van der Waals surface area contributed by atoms with Crippen LogP contribution in [-0.4, -0.2) is 35.7 Å². The number of sulfone groups is 1. The SMILES string of the molecule is Cc1nn(C)c(C)c1CNCC(C)(C)S(C)(=O)=O. The summed E-state index contributed by atoms with van der Waals surface area (Å²) in [7, 11) is -1.15. The highest BCUT2D eigenvalue weighted by molar-refractivity contribution is 7.92. The minimum Gasteiger partial charge on any atom is -0.311 e.